The standard InChI is InChI=1S/C17H24F3NO7SSi/c1-7-8-26-16(23)13-14(27-29(24,25)17(18,19)20)9(2)12-11(15(22)21(12)13)10(3)28-30(4,5)6/h7,9-12H,1,8H2,2-6H3/t9-,10-,11-,12-/m1/s1. The predicted octanol–water partition coefficient (Wildman–Crippen LogP) is 2.51. The van der Waals surface area contributed by atoms with Crippen molar-refractivity contribution in [1.29, 1.82) is 0 Å². The quantitative estimate of drug-likeness (QED) is 0.134. The van der Waals surface area contributed by atoms with Crippen LogP contribution in [0.15, 0.2) is 24.1 Å². The van der Waals surface area contributed by atoms with Crippen LogP contribution in [-0.2, 0) is 33.1 Å². The van der Waals surface area contributed by atoms with Crippen LogP contribution in [0.1, 0.15) is 13.8 Å². The number of rotatable bonds is 8. The van der Waals surface area contributed by atoms with E-state index in [1.165, 1.54) is 13.0 Å². The number of amides is 1. The van der Waals surface area contributed by atoms with Gasteiger partial charge in [-0.05, 0) is 26.6 Å². The van der Waals surface area contributed by atoms with Crippen molar-refractivity contribution >= 4 is 30.3 Å². The van der Waals surface area contributed by atoms with E-state index in [0.29, 0.717) is 0 Å². The largest absolute Gasteiger partial charge is 0.534 e. The van der Waals surface area contributed by atoms with E-state index in [0.717, 1.165) is 4.90 Å². The molecule has 0 unspecified atom stereocenters. The first-order chi connectivity index (χ1) is 13.5. The summed E-state index contributed by atoms with van der Waals surface area (Å²) in [6, 6.07) is -0.798. The molecule has 0 bridgehead atoms. The summed E-state index contributed by atoms with van der Waals surface area (Å²) in [4.78, 5) is 26.2. The lowest BCUT2D eigenvalue weighted by molar-refractivity contribution is -0.163. The molecule has 1 saturated heterocycles. The van der Waals surface area contributed by atoms with Crippen molar-refractivity contribution in [3.05, 3.63) is 24.1 Å². The molecule has 1 amide bonds. The van der Waals surface area contributed by atoms with Crippen molar-refractivity contribution < 1.29 is 44.5 Å². The first-order valence-electron chi connectivity index (χ1n) is 9.07. The van der Waals surface area contributed by atoms with Gasteiger partial charge >= 0.3 is 21.6 Å². The molecule has 2 aliphatic rings. The third kappa shape index (κ3) is 4.42. The molecule has 0 saturated carbocycles. The molecule has 1 fully saturated rings. The predicted molar refractivity (Wildman–Crippen MR) is 101 cm³/mol. The number of esters is 1. The minimum atomic E-state index is -6.05. The first kappa shape index (κ1) is 24.4. The van der Waals surface area contributed by atoms with E-state index in [9.17, 15) is 31.2 Å². The Morgan fingerprint density at radius 3 is 2.37 bits per heavy atom. The van der Waals surface area contributed by atoms with E-state index >= 15 is 0 Å². The number of hydrogen-bond acceptors (Lipinski definition) is 7. The van der Waals surface area contributed by atoms with Crippen LogP contribution in [0.5, 0.6) is 0 Å². The van der Waals surface area contributed by atoms with E-state index in [2.05, 4.69) is 10.8 Å². The van der Waals surface area contributed by atoms with Gasteiger partial charge in [-0.15, -0.1) is 0 Å². The molecule has 0 aromatic rings. The minimum absolute atomic E-state index is 0.290. The highest BCUT2D eigenvalue weighted by Gasteiger charge is 2.63. The van der Waals surface area contributed by atoms with E-state index in [1.54, 1.807) is 6.92 Å². The lowest BCUT2D eigenvalue weighted by atomic mass is 9.79. The second-order valence-electron chi connectivity index (χ2n) is 8.03. The van der Waals surface area contributed by atoms with E-state index in [-0.39, 0.29) is 6.61 Å². The Hall–Kier alpha value is -1.86. The van der Waals surface area contributed by atoms with Gasteiger partial charge < -0.3 is 13.3 Å². The number of halogens is 3. The summed E-state index contributed by atoms with van der Waals surface area (Å²) in [5.41, 5.74) is -6.35. The van der Waals surface area contributed by atoms with Gasteiger partial charge in [-0.2, -0.15) is 21.6 Å². The summed E-state index contributed by atoms with van der Waals surface area (Å²) in [5, 5.41) is 0. The highest BCUT2D eigenvalue weighted by Crippen LogP contribution is 2.49. The van der Waals surface area contributed by atoms with E-state index < -0.39 is 71.3 Å². The van der Waals surface area contributed by atoms with Crippen LogP contribution in [0.2, 0.25) is 19.6 Å². The van der Waals surface area contributed by atoms with Crippen LogP contribution in [0.4, 0.5) is 13.2 Å². The smallest absolute Gasteiger partial charge is 0.457 e. The summed E-state index contributed by atoms with van der Waals surface area (Å²) in [6.45, 7) is 11.8. The molecule has 2 aliphatic heterocycles. The number of hydrogen-bond donors (Lipinski definition) is 0. The summed E-state index contributed by atoms with van der Waals surface area (Å²) in [6.07, 6.45) is 0.628. The first-order valence-corrected chi connectivity index (χ1v) is 13.9. The summed E-state index contributed by atoms with van der Waals surface area (Å²) in [5.74, 6) is -4.32. The number of carbonyl (C=O) groups is 2. The topological polar surface area (TPSA) is 99.2 Å². The fourth-order valence-electron chi connectivity index (χ4n) is 3.61. The zero-order valence-electron chi connectivity index (χ0n) is 17.1. The highest BCUT2D eigenvalue weighted by atomic mass is 32.2. The fourth-order valence-corrected chi connectivity index (χ4v) is 5.43. The molecular formula is C17H24F3NO7SSi. The third-order valence-electron chi connectivity index (χ3n) is 4.64. The van der Waals surface area contributed by atoms with Crippen LogP contribution >= 0.6 is 0 Å². The average Bonchev–Trinajstić information content (AvgIpc) is 2.79. The maximum Gasteiger partial charge on any atom is 0.534 e. The minimum Gasteiger partial charge on any atom is -0.457 e. The van der Waals surface area contributed by atoms with Crippen LogP contribution < -0.4 is 0 Å². The molecular weight excluding hydrogens is 447 g/mol. The Bertz CT molecular complexity index is 879. The van der Waals surface area contributed by atoms with Crippen LogP contribution in [-0.4, -0.2) is 57.8 Å². The number of ether oxygens (including phenoxy) is 1. The number of nitrogens with zero attached hydrogens (tertiary/aromatic N) is 1. The third-order valence-corrected chi connectivity index (χ3v) is 6.69. The van der Waals surface area contributed by atoms with Gasteiger partial charge in [-0.3, -0.25) is 9.69 Å². The Kier molecular flexibility index (Phi) is 6.51. The maximum absolute atomic E-state index is 12.9. The van der Waals surface area contributed by atoms with Gasteiger partial charge in [0.15, 0.2) is 19.8 Å². The molecule has 4 atom stereocenters. The molecule has 0 aliphatic carbocycles. The van der Waals surface area contributed by atoms with Crippen molar-refractivity contribution in [1.82, 2.24) is 4.90 Å². The van der Waals surface area contributed by atoms with Crippen molar-refractivity contribution in [3.63, 3.8) is 0 Å². The van der Waals surface area contributed by atoms with Gasteiger partial charge in [0.1, 0.15) is 6.61 Å². The highest BCUT2D eigenvalue weighted by molar-refractivity contribution is 7.87. The Morgan fingerprint density at radius 2 is 1.90 bits per heavy atom. The number of alkyl halides is 3. The molecule has 2 heterocycles. The average molecular weight is 472 g/mol. The Labute approximate surface area is 173 Å². The van der Waals surface area contributed by atoms with Gasteiger partial charge in [0, 0.05) is 5.92 Å². The molecule has 170 valence electrons. The van der Waals surface area contributed by atoms with Gasteiger partial charge in [0.25, 0.3) is 0 Å². The van der Waals surface area contributed by atoms with Crippen LogP contribution in [0.25, 0.3) is 0 Å². The van der Waals surface area contributed by atoms with Crippen molar-refractivity contribution in [2.24, 2.45) is 11.8 Å². The number of fused-ring (bicyclic) bond motifs is 1. The molecule has 13 heteroatoms. The van der Waals surface area contributed by atoms with Crippen LogP contribution in [0.3, 0.4) is 0 Å². The van der Waals surface area contributed by atoms with Gasteiger partial charge in [-0.25, -0.2) is 4.79 Å². The summed E-state index contributed by atoms with van der Waals surface area (Å²) >= 11 is 0. The molecule has 0 spiro atoms. The monoisotopic (exact) mass is 471 g/mol. The lowest BCUT2D eigenvalue weighted by Gasteiger charge is -2.48. The zero-order valence-corrected chi connectivity index (χ0v) is 19.0. The van der Waals surface area contributed by atoms with Crippen molar-refractivity contribution in [3.8, 4) is 0 Å². The SMILES string of the molecule is C=CCOC(=O)C1=C(OS(=O)(=O)C(F)(F)F)[C@H](C)[C@@H]2[C@@H]([C@@H](C)O[Si](C)(C)C)C(=O)N12. The second kappa shape index (κ2) is 8.00. The summed E-state index contributed by atoms with van der Waals surface area (Å²) < 4.78 is 76.8. The van der Waals surface area contributed by atoms with Gasteiger partial charge in [0.05, 0.1) is 18.1 Å². The molecule has 0 N–H and O–H groups in total. The van der Waals surface area contributed by atoms with Crippen molar-refractivity contribution in [2.75, 3.05) is 6.61 Å². The Balaban J connectivity index is 2.45. The van der Waals surface area contributed by atoms with Gasteiger partial charge in [0.2, 0.25) is 5.91 Å². The molecule has 0 aromatic carbocycles. The molecule has 30 heavy (non-hydrogen) atoms. The maximum atomic E-state index is 12.9. The molecule has 0 aromatic heterocycles. The molecule has 0 radical (unpaired) electrons. The summed E-state index contributed by atoms with van der Waals surface area (Å²) in [7, 11) is -8.11. The number of carbonyl (C=O) groups excluding carboxylic acids is 2. The van der Waals surface area contributed by atoms with E-state index in [1.807, 2.05) is 19.6 Å². The van der Waals surface area contributed by atoms with E-state index in [4.69, 9.17) is 9.16 Å². The van der Waals surface area contributed by atoms with Crippen molar-refractivity contribution in [2.45, 2.75) is 51.1 Å². The number of β-lactam (4-membered cyclic amide) rings is 1. The molecule has 2 rings (SSSR count). The second-order valence-corrected chi connectivity index (χ2v) is 14.0. The Morgan fingerprint density at radius 1 is 1.33 bits per heavy atom. The lowest BCUT2D eigenvalue weighted by Crippen LogP contribution is -2.64. The molecule has 8 nitrogen and oxygen atoms in total. The fraction of sp³-hybridized carbons (Fsp3) is 0.647. The van der Waals surface area contributed by atoms with Gasteiger partial charge in [-0.1, -0.05) is 19.6 Å². The normalized spacial score (nSPS) is 25.5. The van der Waals surface area contributed by atoms with Crippen LogP contribution in [0, 0.1) is 11.8 Å². The zero-order chi connectivity index (χ0) is 23.2.